The van der Waals surface area contributed by atoms with Crippen LogP contribution in [0.3, 0.4) is 0 Å². The van der Waals surface area contributed by atoms with Crippen LogP contribution < -0.4 is 11.1 Å². The molecule has 1 aliphatic rings. The first-order valence-electron chi connectivity index (χ1n) is 7.37. The van der Waals surface area contributed by atoms with E-state index < -0.39 is 0 Å². The molecule has 0 spiro atoms. The molecular formula is C16H24N2O. The number of nitrogens with two attached hydrogens (primary N) is 1. The predicted molar refractivity (Wildman–Crippen MR) is 79.0 cm³/mol. The van der Waals surface area contributed by atoms with E-state index in [1.165, 1.54) is 31.2 Å². The molecule has 3 heteroatoms. The highest BCUT2D eigenvalue weighted by atomic mass is 16.1. The van der Waals surface area contributed by atoms with E-state index in [0.29, 0.717) is 18.9 Å². The van der Waals surface area contributed by atoms with Gasteiger partial charge in [-0.3, -0.25) is 4.79 Å². The monoisotopic (exact) mass is 260 g/mol. The molecule has 0 aromatic heterocycles. The van der Waals surface area contributed by atoms with E-state index in [-0.39, 0.29) is 5.91 Å². The van der Waals surface area contributed by atoms with Gasteiger partial charge in [0.05, 0.1) is 0 Å². The van der Waals surface area contributed by atoms with E-state index in [2.05, 4.69) is 17.4 Å². The number of amides is 1. The van der Waals surface area contributed by atoms with Crippen molar-refractivity contribution in [2.75, 3.05) is 11.9 Å². The Morgan fingerprint density at radius 3 is 2.84 bits per heavy atom. The van der Waals surface area contributed by atoms with Crippen molar-refractivity contribution >= 4 is 11.6 Å². The Morgan fingerprint density at radius 1 is 1.32 bits per heavy atom. The van der Waals surface area contributed by atoms with Crippen molar-refractivity contribution in [1.82, 2.24) is 0 Å². The van der Waals surface area contributed by atoms with Gasteiger partial charge >= 0.3 is 0 Å². The highest BCUT2D eigenvalue weighted by molar-refractivity contribution is 5.90. The van der Waals surface area contributed by atoms with E-state index >= 15 is 0 Å². The summed E-state index contributed by atoms with van der Waals surface area (Å²) < 4.78 is 0. The van der Waals surface area contributed by atoms with Crippen molar-refractivity contribution in [3.8, 4) is 0 Å². The molecule has 0 unspecified atom stereocenters. The molecule has 0 aliphatic heterocycles. The topological polar surface area (TPSA) is 55.1 Å². The predicted octanol–water partition coefficient (Wildman–Crippen LogP) is 3.10. The quantitative estimate of drug-likeness (QED) is 0.825. The second-order valence-corrected chi connectivity index (χ2v) is 5.50. The van der Waals surface area contributed by atoms with Gasteiger partial charge < -0.3 is 11.1 Å². The third-order valence-corrected chi connectivity index (χ3v) is 3.83. The van der Waals surface area contributed by atoms with Gasteiger partial charge in [0.25, 0.3) is 0 Å². The second-order valence-electron chi connectivity index (χ2n) is 5.50. The number of hydrogen-bond acceptors (Lipinski definition) is 2. The summed E-state index contributed by atoms with van der Waals surface area (Å²) in [6.45, 7) is 0.707. The zero-order chi connectivity index (χ0) is 13.5. The van der Waals surface area contributed by atoms with Crippen molar-refractivity contribution < 1.29 is 4.79 Å². The summed E-state index contributed by atoms with van der Waals surface area (Å²) in [4.78, 5) is 12.0. The van der Waals surface area contributed by atoms with Crippen LogP contribution in [-0.4, -0.2) is 12.5 Å². The molecule has 3 nitrogen and oxygen atoms in total. The fraction of sp³-hybridized carbons (Fsp3) is 0.562. The van der Waals surface area contributed by atoms with Crippen LogP contribution in [0.25, 0.3) is 0 Å². The van der Waals surface area contributed by atoms with Gasteiger partial charge in [-0.25, -0.2) is 0 Å². The Morgan fingerprint density at radius 2 is 2.11 bits per heavy atom. The van der Waals surface area contributed by atoms with E-state index in [4.69, 9.17) is 5.73 Å². The van der Waals surface area contributed by atoms with Crippen molar-refractivity contribution in [2.24, 2.45) is 11.7 Å². The molecule has 0 saturated heterocycles. The molecule has 1 aromatic carbocycles. The van der Waals surface area contributed by atoms with Crippen molar-refractivity contribution in [2.45, 2.75) is 44.9 Å². The van der Waals surface area contributed by atoms with Crippen molar-refractivity contribution in [1.29, 1.82) is 0 Å². The minimum absolute atomic E-state index is 0.155. The summed E-state index contributed by atoms with van der Waals surface area (Å²) in [6, 6.07) is 8.10. The molecule has 3 N–H and O–H groups in total. The Balaban J connectivity index is 1.85. The number of hydrogen-bond donors (Lipinski definition) is 2. The van der Waals surface area contributed by atoms with Gasteiger partial charge in [-0.1, -0.05) is 25.0 Å². The van der Waals surface area contributed by atoms with Crippen LogP contribution >= 0.6 is 0 Å². The molecular weight excluding hydrogens is 236 g/mol. The summed E-state index contributed by atoms with van der Waals surface area (Å²) in [7, 11) is 0. The largest absolute Gasteiger partial charge is 0.330 e. The number of benzene rings is 1. The van der Waals surface area contributed by atoms with E-state index in [1.54, 1.807) is 0 Å². The van der Waals surface area contributed by atoms with Crippen molar-refractivity contribution in [3.63, 3.8) is 0 Å². The Labute approximate surface area is 115 Å². The number of nitrogens with one attached hydrogen (secondary N) is 1. The summed E-state index contributed by atoms with van der Waals surface area (Å²) in [5, 5.41) is 3.02. The molecule has 1 aliphatic carbocycles. The molecule has 104 valence electrons. The van der Waals surface area contributed by atoms with E-state index in [9.17, 15) is 4.79 Å². The fourth-order valence-electron chi connectivity index (χ4n) is 2.80. The first-order valence-corrected chi connectivity index (χ1v) is 7.37. The molecule has 0 atom stereocenters. The van der Waals surface area contributed by atoms with Gasteiger partial charge in [0.2, 0.25) is 5.91 Å². The van der Waals surface area contributed by atoms with E-state index in [0.717, 1.165) is 18.5 Å². The molecule has 1 fully saturated rings. The smallest absolute Gasteiger partial charge is 0.224 e. The Bertz CT molecular complexity index is 411. The van der Waals surface area contributed by atoms with Gasteiger partial charge in [0.15, 0.2) is 0 Å². The van der Waals surface area contributed by atoms with Gasteiger partial charge in [-0.05, 0) is 55.8 Å². The summed E-state index contributed by atoms with van der Waals surface area (Å²) in [5.74, 6) is 0.753. The lowest BCUT2D eigenvalue weighted by Crippen LogP contribution is -2.15. The van der Waals surface area contributed by atoms with Crippen molar-refractivity contribution in [3.05, 3.63) is 29.8 Å². The standard InChI is InChI=1S/C16H24N2O/c17-10-4-8-13-7-3-9-15(11-13)18-16(19)12-14-5-1-2-6-14/h3,7,9,11,14H,1-2,4-6,8,10,12,17H2,(H,18,19). The average molecular weight is 260 g/mol. The maximum absolute atomic E-state index is 12.0. The average Bonchev–Trinajstić information content (AvgIpc) is 2.89. The molecule has 0 bridgehead atoms. The second kappa shape index (κ2) is 7.29. The molecule has 0 radical (unpaired) electrons. The molecule has 0 heterocycles. The highest BCUT2D eigenvalue weighted by Gasteiger charge is 2.18. The Hall–Kier alpha value is -1.35. The minimum Gasteiger partial charge on any atom is -0.330 e. The SMILES string of the molecule is NCCCc1cccc(NC(=O)CC2CCCC2)c1. The van der Waals surface area contributed by atoms with Crippen LogP contribution in [0.5, 0.6) is 0 Å². The van der Waals surface area contributed by atoms with Gasteiger partial charge in [0, 0.05) is 12.1 Å². The number of carbonyl (C=O) groups is 1. The highest BCUT2D eigenvalue weighted by Crippen LogP contribution is 2.27. The van der Waals surface area contributed by atoms with Crippen LogP contribution in [-0.2, 0) is 11.2 Å². The lowest BCUT2D eigenvalue weighted by molar-refractivity contribution is -0.117. The maximum Gasteiger partial charge on any atom is 0.224 e. The summed E-state index contributed by atoms with van der Waals surface area (Å²) in [6.07, 6.45) is 7.63. The van der Waals surface area contributed by atoms with Crippen LogP contribution in [0.15, 0.2) is 24.3 Å². The normalized spacial score (nSPS) is 15.6. The number of rotatable bonds is 6. The molecule has 1 amide bonds. The molecule has 2 rings (SSSR count). The first kappa shape index (κ1) is 14.1. The maximum atomic E-state index is 12.0. The molecule has 1 aromatic rings. The molecule has 1 saturated carbocycles. The third kappa shape index (κ3) is 4.67. The zero-order valence-corrected chi connectivity index (χ0v) is 11.5. The fourth-order valence-corrected chi connectivity index (χ4v) is 2.80. The van der Waals surface area contributed by atoms with E-state index in [1.807, 2.05) is 12.1 Å². The Kier molecular flexibility index (Phi) is 5.40. The van der Waals surface area contributed by atoms with Crippen LogP contribution in [0.1, 0.15) is 44.1 Å². The first-order chi connectivity index (χ1) is 9.28. The number of aryl methyl sites for hydroxylation is 1. The van der Waals surface area contributed by atoms with Crippen LogP contribution in [0.2, 0.25) is 0 Å². The molecule has 19 heavy (non-hydrogen) atoms. The summed E-state index contributed by atoms with van der Waals surface area (Å²) in [5.41, 5.74) is 7.67. The lowest BCUT2D eigenvalue weighted by atomic mass is 10.0. The van der Waals surface area contributed by atoms with Gasteiger partial charge in [-0.15, -0.1) is 0 Å². The number of carbonyl (C=O) groups excluding carboxylic acids is 1. The van der Waals surface area contributed by atoms with Crippen LogP contribution in [0, 0.1) is 5.92 Å². The zero-order valence-electron chi connectivity index (χ0n) is 11.5. The third-order valence-electron chi connectivity index (χ3n) is 3.83. The van der Waals surface area contributed by atoms with Crippen LogP contribution in [0.4, 0.5) is 5.69 Å². The number of anilines is 1. The van der Waals surface area contributed by atoms with Gasteiger partial charge in [0.1, 0.15) is 0 Å². The van der Waals surface area contributed by atoms with Gasteiger partial charge in [-0.2, -0.15) is 0 Å². The summed E-state index contributed by atoms with van der Waals surface area (Å²) >= 11 is 0. The lowest BCUT2D eigenvalue weighted by Gasteiger charge is -2.10. The minimum atomic E-state index is 0.155.